The molecule has 0 bridgehead atoms. The van der Waals surface area contributed by atoms with Gasteiger partial charge in [0.25, 0.3) is 0 Å². The fourth-order valence-electron chi connectivity index (χ4n) is 2.05. The van der Waals surface area contributed by atoms with Gasteiger partial charge in [-0.05, 0) is 30.3 Å². The third-order valence-corrected chi connectivity index (χ3v) is 5.13. The molecule has 0 fully saturated rings. The van der Waals surface area contributed by atoms with E-state index < -0.39 is 9.84 Å². The average Bonchev–Trinajstić information content (AvgIpc) is 2.49. The predicted molar refractivity (Wildman–Crippen MR) is 82.7 cm³/mol. The first-order valence-corrected chi connectivity index (χ1v) is 8.36. The van der Waals surface area contributed by atoms with E-state index in [0.29, 0.717) is 17.0 Å². The molecule has 0 N–H and O–H groups in total. The van der Waals surface area contributed by atoms with Crippen LogP contribution in [0.4, 0.5) is 10.1 Å². The molecule has 0 atom stereocenters. The lowest BCUT2D eigenvalue weighted by Gasteiger charge is -2.20. The van der Waals surface area contributed by atoms with E-state index in [1.165, 1.54) is 6.07 Å². The molecule has 3 nitrogen and oxygen atoms in total. The fourth-order valence-corrected chi connectivity index (χ4v) is 2.93. The van der Waals surface area contributed by atoms with E-state index in [9.17, 15) is 12.8 Å². The van der Waals surface area contributed by atoms with Crippen LogP contribution in [0.25, 0.3) is 0 Å². The third kappa shape index (κ3) is 3.61. The Morgan fingerprint density at radius 3 is 2.24 bits per heavy atom. The van der Waals surface area contributed by atoms with E-state index in [2.05, 4.69) is 0 Å². The number of sulfone groups is 1. The largest absolute Gasteiger partial charge is 0.370 e. The van der Waals surface area contributed by atoms with Gasteiger partial charge in [0.15, 0.2) is 9.84 Å². The molecule has 21 heavy (non-hydrogen) atoms. The number of hydrogen-bond acceptors (Lipinski definition) is 3. The zero-order valence-corrected chi connectivity index (χ0v) is 12.9. The van der Waals surface area contributed by atoms with Crippen LogP contribution in [0.3, 0.4) is 0 Å². The summed E-state index contributed by atoms with van der Waals surface area (Å²) in [6.45, 7) is 2.04. The standard InChI is InChI=1S/C16H18FNO2S/c1-3-21(19,20)15-10-8-14(9-11-15)18(2)12-13-6-4-5-7-16(13)17/h4-11H,3,12H2,1-2H3. The van der Waals surface area contributed by atoms with Crippen molar-refractivity contribution in [1.82, 2.24) is 0 Å². The van der Waals surface area contributed by atoms with Crippen molar-refractivity contribution >= 4 is 15.5 Å². The molecule has 2 aromatic rings. The number of rotatable bonds is 5. The van der Waals surface area contributed by atoms with Gasteiger partial charge in [-0.1, -0.05) is 25.1 Å². The summed E-state index contributed by atoms with van der Waals surface area (Å²) in [4.78, 5) is 2.19. The van der Waals surface area contributed by atoms with Gasteiger partial charge in [-0.25, -0.2) is 12.8 Å². The molecule has 2 rings (SSSR count). The van der Waals surface area contributed by atoms with Gasteiger partial charge in [0.05, 0.1) is 10.6 Å². The van der Waals surface area contributed by atoms with E-state index in [0.717, 1.165) is 5.69 Å². The van der Waals surface area contributed by atoms with Crippen LogP contribution in [-0.4, -0.2) is 21.2 Å². The van der Waals surface area contributed by atoms with Gasteiger partial charge in [0.1, 0.15) is 5.82 Å². The van der Waals surface area contributed by atoms with E-state index in [4.69, 9.17) is 0 Å². The van der Waals surface area contributed by atoms with Gasteiger partial charge in [0.2, 0.25) is 0 Å². The van der Waals surface area contributed by atoms with Crippen LogP contribution in [0.2, 0.25) is 0 Å². The highest BCUT2D eigenvalue weighted by Gasteiger charge is 2.12. The lowest BCUT2D eigenvalue weighted by Crippen LogP contribution is -2.17. The average molecular weight is 307 g/mol. The summed E-state index contributed by atoms with van der Waals surface area (Å²) in [7, 11) is -1.34. The van der Waals surface area contributed by atoms with Gasteiger partial charge >= 0.3 is 0 Å². The molecule has 0 saturated carbocycles. The molecule has 0 saturated heterocycles. The molecule has 2 aromatic carbocycles. The van der Waals surface area contributed by atoms with E-state index >= 15 is 0 Å². The van der Waals surface area contributed by atoms with Crippen molar-refractivity contribution in [3.8, 4) is 0 Å². The summed E-state index contributed by atoms with van der Waals surface area (Å²) in [5, 5.41) is 0. The van der Waals surface area contributed by atoms with Gasteiger partial charge < -0.3 is 4.90 Å². The summed E-state index contributed by atoms with van der Waals surface area (Å²) >= 11 is 0. The first kappa shape index (κ1) is 15.5. The highest BCUT2D eigenvalue weighted by atomic mass is 32.2. The van der Waals surface area contributed by atoms with Crippen LogP contribution in [0.1, 0.15) is 12.5 Å². The molecule has 0 aliphatic rings. The molecule has 0 spiro atoms. The number of benzene rings is 2. The molecule has 0 radical (unpaired) electrons. The van der Waals surface area contributed by atoms with Gasteiger partial charge in [-0.2, -0.15) is 0 Å². The van der Waals surface area contributed by atoms with Crippen molar-refractivity contribution in [3.05, 3.63) is 59.9 Å². The molecule has 112 valence electrons. The van der Waals surface area contributed by atoms with Gasteiger partial charge in [0, 0.05) is 24.8 Å². The summed E-state index contributed by atoms with van der Waals surface area (Å²) < 4.78 is 37.1. The predicted octanol–water partition coefficient (Wildman–Crippen LogP) is 3.26. The Kier molecular flexibility index (Phi) is 4.63. The Morgan fingerprint density at radius 1 is 1.05 bits per heavy atom. The lowest BCUT2D eigenvalue weighted by molar-refractivity contribution is 0.597. The Labute approximate surface area is 124 Å². The van der Waals surface area contributed by atoms with Gasteiger partial charge in [-0.3, -0.25) is 0 Å². The van der Waals surface area contributed by atoms with Crippen molar-refractivity contribution in [3.63, 3.8) is 0 Å². The highest BCUT2D eigenvalue weighted by Crippen LogP contribution is 2.20. The molecule has 0 amide bonds. The number of halogens is 1. The molecule has 0 aliphatic carbocycles. The second-order valence-corrected chi connectivity index (χ2v) is 7.12. The van der Waals surface area contributed by atoms with Crippen LogP contribution < -0.4 is 4.90 Å². The molecular formula is C16H18FNO2S. The summed E-state index contributed by atoms with van der Waals surface area (Å²) in [6.07, 6.45) is 0. The summed E-state index contributed by atoms with van der Waals surface area (Å²) in [5.74, 6) is -0.160. The van der Waals surface area contributed by atoms with Gasteiger partial charge in [-0.15, -0.1) is 0 Å². The maximum Gasteiger partial charge on any atom is 0.178 e. The van der Waals surface area contributed by atoms with E-state index in [-0.39, 0.29) is 11.6 Å². The number of hydrogen-bond donors (Lipinski definition) is 0. The number of anilines is 1. The van der Waals surface area contributed by atoms with Crippen molar-refractivity contribution in [2.75, 3.05) is 17.7 Å². The van der Waals surface area contributed by atoms with Crippen molar-refractivity contribution in [2.24, 2.45) is 0 Å². The molecule has 0 aromatic heterocycles. The highest BCUT2D eigenvalue weighted by molar-refractivity contribution is 7.91. The fraction of sp³-hybridized carbons (Fsp3) is 0.250. The maximum absolute atomic E-state index is 13.6. The molecular weight excluding hydrogens is 289 g/mol. The second-order valence-electron chi connectivity index (χ2n) is 4.84. The summed E-state index contributed by atoms with van der Waals surface area (Å²) in [6, 6.07) is 13.3. The second kappa shape index (κ2) is 6.26. The zero-order chi connectivity index (χ0) is 15.5. The first-order chi connectivity index (χ1) is 9.94. The summed E-state index contributed by atoms with van der Waals surface area (Å²) in [5.41, 5.74) is 1.44. The van der Waals surface area contributed by atoms with Crippen LogP contribution in [0.5, 0.6) is 0 Å². The van der Waals surface area contributed by atoms with E-state index in [1.54, 1.807) is 49.4 Å². The Balaban J connectivity index is 2.17. The Hall–Kier alpha value is -1.88. The third-order valence-electron chi connectivity index (χ3n) is 3.38. The number of nitrogens with zero attached hydrogens (tertiary/aromatic N) is 1. The SMILES string of the molecule is CCS(=O)(=O)c1ccc(N(C)Cc2ccccc2F)cc1. The van der Waals surface area contributed by atoms with Crippen LogP contribution >= 0.6 is 0 Å². The molecule has 0 unspecified atom stereocenters. The Morgan fingerprint density at radius 2 is 1.67 bits per heavy atom. The van der Waals surface area contributed by atoms with Crippen molar-refractivity contribution in [2.45, 2.75) is 18.4 Å². The quantitative estimate of drug-likeness (QED) is 0.851. The lowest BCUT2D eigenvalue weighted by atomic mass is 10.2. The van der Waals surface area contributed by atoms with Crippen molar-refractivity contribution in [1.29, 1.82) is 0 Å². The smallest absolute Gasteiger partial charge is 0.178 e. The monoisotopic (exact) mass is 307 g/mol. The topological polar surface area (TPSA) is 37.4 Å². The molecule has 5 heteroatoms. The minimum Gasteiger partial charge on any atom is -0.370 e. The normalized spacial score (nSPS) is 11.4. The first-order valence-electron chi connectivity index (χ1n) is 6.71. The van der Waals surface area contributed by atoms with E-state index in [1.807, 2.05) is 11.9 Å². The molecule has 0 aliphatic heterocycles. The van der Waals surface area contributed by atoms with Crippen LogP contribution in [0, 0.1) is 5.82 Å². The minimum absolute atomic E-state index is 0.0808. The van der Waals surface area contributed by atoms with Crippen molar-refractivity contribution < 1.29 is 12.8 Å². The van der Waals surface area contributed by atoms with Crippen LogP contribution in [0.15, 0.2) is 53.4 Å². The Bertz CT molecular complexity index is 711. The van der Waals surface area contributed by atoms with Crippen LogP contribution in [-0.2, 0) is 16.4 Å². The maximum atomic E-state index is 13.6. The minimum atomic E-state index is -3.18. The molecule has 0 heterocycles. The zero-order valence-electron chi connectivity index (χ0n) is 12.1.